The molecule has 0 amide bonds. The van der Waals surface area contributed by atoms with Crippen LogP contribution in [0, 0.1) is 0 Å². The van der Waals surface area contributed by atoms with Crippen LogP contribution in [-0.2, 0) is 4.79 Å². The van der Waals surface area contributed by atoms with Crippen LogP contribution in [0.4, 0.5) is 5.82 Å². The number of carbonyl (C=O) groups is 1. The molecule has 4 rings (SSSR count). The Kier molecular flexibility index (Phi) is 4.77. The highest BCUT2D eigenvalue weighted by atomic mass is 16.5. The molecule has 1 aliphatic heterocycles. The zero-order chi connectivity index (χ0) is 19.6. The third-order valence-corrected chi connectivity index (χ3v) is 5.24. The summed E-state index contributed by atoms with van der Waals surface area (Å²) in [5.41, 5.74) is -0.345. The lowest BCUT2D eigenvalue weighted by atomic mass is 9.91. The fourth-order valence-corrected chi connectivity index (χ4v) is 3.60. The number of para-hydroxylation sites is 3. The van der Waals surface area contributed by atoms with Gasteiger partial charge in [-0.15, -0.1) is 0 Å². The number of benzene rings is 2. The summed E-state index contributed by atoms with van der Waals surface area (Å²) in [5, 5.41) is 11.0. The minimum Gasteiger partial charge on any atom is -0.493 e. The first-order chi connectivity index (χ1) is 13.6. The van der Waals surface area contributed by atoms with Crippen molar-refractivity contribution in [3.8, 4) is 11.5 Å². The number of fused-ring (bicyclic) bond motifs is 1. The summed E-state index contributed by atoms with van der Waals surface area (Å²) in [6.45, 7) is 1.10. The number of carboxylic acids is 1. The third kappa shape index (κ3) is 3.33. The maximum Gasteiger partial charge on any atom is 0.348 e. The van der Waals surface area contributed by atoms with Gasteiger partial charge in [0, 0.05) is 31.3 Å². The second-order valence-corrected chi connectivity index (χ2v) is 6.90. The Hall–Kier alpha value is -3.28. The zero-order valence-corrected chi connectivity index (χ0v) is 15.7. The highest BCUT2D eigenvalue weighted by Gasteiger charge is 2.44. The summed E-state index contributed by atoms with van der Waals surface area (Å²) >= 11 is 0. The van der Waals surface area contributed by atoms with E-state index in [1.165, 1.54) is 0 Å². The average Bonchev–Trinajstić information content (AvgIpc) is 2.74. The number of ether oxygens (including phenoxy) is 2. The number of methoxy groups -OCH3 is 1. The van der Waals surface area contributed by atoms with Crippen LogP contribution in [0.15, 0.2) is 60.7 Å². The molecule has 0 saturated carbocycles. The van der Waals surface area contributed by atoms with Crippen molar-refractivity contribution in [3.63, 3.8) is 0 Å². The SMILES string of the molecule is COc1ccccc1OC1(C(=O)O)CCN(c2ccc3ccccc3n2)CC1. The van der Waals surface area contributed by atoms with Crippen LogP contribution in [-0.4, -0.2) is 41.9 Å². The van der Waals surface area contributed by atoms with Gasteiger partial charge >= 0.3 is 5.97 Å². The van der Waals surface area contributed by atoms with Crippen molar-refractivity contribution < 1.29 is 19.4 Å². The average molecular weight is 378 g/mol. The molecule has 6 nitrogen and oxygen atoms in total. The molecule has 0 atom stereocenters. The molecule has 1 aromatic heterocycles. The van der Waals surface area contributed by atoms with E-state index in [4.69, 9.17) is 14.5 Å². The fourth-order valence-electron chi connectivity index (χ4n) is 3.60. The van der Waals surface area contributed by atoms with Gasteiger partial charge in [0.15, 0.2) is 11.5 Å². The summed E-state index contributed by atoms with van der Waals surface area (Å²) in [6.07, 6.45) is 0.712. The standard InChI is InChI=1S/C22H22N2O4/c1-27-18-8-4-5-9-19(18)28-22(21(25)26)12-14-24(15-13-22)20-11-10-16-6-2-3-7-17(16)23-20/h2-11H,12-15H2,1H3,(H,25,26). The number of hydrogen-bond acceptors (Lipinski definition) is 5. The number of anilines is 1. The molecule has 1 N–H and O–H groups in total. The van der Waals surface area contributed by atoms with Crippen LogP contribution in [0.1, 0.15) is 12.8 Å². The lowest BCUT2D eigenvalue weighted by Gasteiger charge is -2.39. The monoisotopic (exact) mass is 378 g/mol. The van der Waals surface area contributed by atoms with Crippen LogP contribution in [0.25, 0.3) is 10.9 Å². The van der Waals surface area contributed by atoms with E-state index >= 15 is 0 Å². The van der Waals surface area contributed by atoms with Crippen LogP contribution in [0.3, 0.4) is 0 Å². The second kappa shape index (κ2) is 7.38. The zero-order valence-electron chi connectivity index (χ0n) is 15.7. The van der Waals surface area contributed by atoms with E-state index in [1.807, 2.05) is 48.5 Å². The van der Waals surface area contributed by atoms with Crippen LogP contribution in [0.5, 0.6) is 11.5 Å². The molecule has 3 aromatic rings. The second-order valence-electron chi connectivity index (χ2n) is 6.90. The van der Waals surface area contributed by atoms with Crippen molar-refractivity contribution in [2.45, 2.75) is 18.4 Å². The van der Waals surface area contributed by atoms with E-state index < -0.39 is 11.6 Å². The number of hydrogen-bond donors (Lipinski definition) is 1. The van der Waals surface area contributed by atoms with Crippen molar-refractivity contribution >= 4 is 22.7 Å². The summed E-state index contributed by atoms with van der Waals surface area (Å²) in [5.74, 6) is 0.880. The molecule has 28 heavy (non-hydrogen) atoms. The first-order valence-electron chi connectivity index (χ1n) is 9.27. The summed E-state index contributed by atoms with van der Waals surface area (Å²) < 4.78 is 11.3. The Morgan fingerprint density at radius 1 is 1.00 bits per heavy atom. The number of piperidine rings is 1. The Bertz CT molecular complexity index is 997. The highest BCUT2D eigenvalue weighted by Crippen LogP contribution is 2.35. The number of rotatable bonds is 5. The Labute approximate surface area is 163 Å². The van der Waals surface area contributed by atoms with Gasteiger partial charge in [-0.05, 0) is 30.3 Å². The van der Waals surface area contributed by atoms with Gasteiger partial charge in [-0.2, -0.15) is 0 Å². The number of pyridine rings is 1. The maximum atomic E-state index is 12.1. The van der Waals surface area contributed by atoms with Crippen molar-refractivity contribution in [1.29, 1.82) is 0 Å². The molecular weight excluding hydrogens is 356 g/mol. The van der Waals surface area contributed by atoms with Crippen LogP contribution >= 0.6 is 0 Å². The van der Waals surface area contributed by atoms with Crippen LogP contribution < -0.4 is 14.4 Å². The van der Waals surface area contributed by atoms with Crippen LogP contribution in [0.2, 0.25) is 0 Å². The first-order valence-corrected chi connectivity index (χ1v) is 9.27. The van der Waals surface area contributed by atoms with Crippen molar-refractivity contribution in [2.24, 2.45) is 0 Å². The summed E-state index contributed by atoms with van der Waals surface area (Å²) in [7, 11) is 1.55. The third-order valence-electron chi connectivity index (χ3n) is 5.24. The number of nitrogens with zero attached hydrogens (tertiary/aromatic N) is 2. The first kappa shape index (κ1) is 18.1. The van der Waals surface area contributed by atoms with E-state index in [1.54, 1.807) is 19.2 Å². The maximum absolute atomic E-state index is 12.1. The van der Waals surface area contributed by atoms with Crippen molar-refractivity contribution in [3.05, 3.63) is 60.7 Å². The van der Waals surface area contributed by atoms with E-state index in [0.717, 1.165) is 16.7 Å². The molecule has 2 aromatic carbocycles. The Morgan fingerprint density at radius 3 is 2.39 bits per heavy atom. The molecule has 2 heterocycles. The molecule has 0 bridgehead atoms. The van der Waals surface area contributed by atoms with Gasteiger partial charge in [0.25, 0.3) is 0 Å². The largest absolute Gasteiger partial charge is 0.493 e. The molecule has 0 aliphatic carbocycles. The predicted octanol–water partition coefficient (Wildman–Crippen LogP) is 3.75. The molecular formula is C22H22N2O4. The summed E-state index contributed by atoms with van der Waals surface area (Å²) in [4.78, 5) is 18.9. The van der Waals surface area contributed by atoms with E-state index in [-0.39, 0.29) is 0 Å². The van der Waals surface area contributed by atoms with E-state index in [0.29, 0.717) is 37.4 Å². The quantitative estimate of drug-likeness (QED) is 0.729. The number of aromatic nitrogens is 1. The van der Waals surface area contributed by atoms with Gasteiger partial charge in [-0.25, -0.2) is 9.78 Å². The highest BCUT2D eigenvalue weighted by molar-refractivity contribution is 5.81. The van der Waals surface area contributed by atoms with Gasteiger partial charge in [0.1, 0.15) is 5.82 Å². The van der Waals surface area contributed by atoms with Gasteiger partial charge in [-0.3, -0.25) is 0 Å². The molecule has 0 radical (unpaired) electrons. The normalized spacial score (nSPS) is 16.0. The minimum absolute atomic E-state index is 0.356. The lowest BCUT2D eigenvalue weighted by Crippen LogP contribution is -2.53. The molecule has 144 valence electrons. The van der Waals surface area contributed by atoms with Crippen molar-refractivity contribution in [1.82, 2.24) is 4.98 Å². The molecule has 1 aliphatic rings. The van der Waals surface area contributed by atoms with Gasteiger partial charge < -0.3 is 19.5 Å². The van der Waals surface area contributed by atoms with Gasteiger partial charge in [-0.1, -0.05) is 30.3 Å². The topological polar surface area (TPSA) is 71.9 Å². The van der Waals surface area contributed by atoms with Gasteiger partial charge in [0.2, 0.25) is 5.60 Å². The Morgan fingerprint density at radius 2 is 1.68 bits per heavy atom. The molecule has 0 unspecified atom stereocenters. The lowest BCUT2D eigenvalue weighted by molar-refractivity contribution is -0.157. The van der Waals surface area contributed by atoms with Gasteiger partial charge in [0.05, 0.1) is 12.6 Å². The fraction of sp³-hybridized carbons (Fsp3) is 0.273. The predicted molar refractivity (Wildman–Crippen MR) is 107 cm³/mol. The van der Waals surface area contributed by atoms with Crippen molar-refractivity contribution in [2.75, 3.05) is 25.1 Å². The molecule has 1 saturated heterocycles. The molecule has 0 spiro atoms. The van der Waals surface area contributed by atoms with E-state index in [2.05, 4.69) is 4.90 Å². The Balaban J connectivity index is 1.54. The van der Waals surface area contributed by atoms with E-state index in [9.17, 15) is 9.90 Å². The number of carboxylic acid groups (broad SMARTS) is 1. The molecule has 1 fully saturated rings. The summed E-state index contributed by atoms with van der Waals surface area (Å²) in [6, 6.07) is 19.1. The smallest absolute Gasteiger partial charge is 0.348 e. The minimum atomic E-state index is -1.28. The number of aliphatic carboxylic acids is 1. The molecule has 6 heteroatoms.